The summed E-state index contributed by atoms with van der Waals surface area (Å²) in [4.78, 5) is 27.1. The van der Waals surface area contributed by atoms with Crippen LogP contribution in [0.5, 0.6) is 5.75 Å². The molecule has 2 heterocycles. The van der Waals surface area contributed by atoms with Gasteiger partial charge in [-0.1, -0.05) is 18.9 Å². The van der Waals surface area contributed by atoms with E-state index in [-0.39, 0.29) is 22.6 Å². The number of benzene rings is 1. The smallest absolute Gasteiger partial charge is 0.243 e. The number of sulfonamides is 1. The number of nitrogens with one attached hydrogen (secondary N) is 1. The zero-order valence-electron chi connectivity index (χ0n) is 18.2. The molecule has 8 nitrogen and oxygen atoms in total. The number of piperidine rings is 1. The van der Waals surface area contributed by atoms with Crippen LogP contribution < -0.4 is 10.1 Å². The van der Waals surface area contributed by atoms with Crippen LogP contribution in [0.25, 0.3) is 0 Å². The SMILES string of the molecule is COc1cccc(S(=O)(=O)N2CCC(C(=O)N3CCCCCCNC(=O)CC3)CC2)c1. The minimum Gasteiger partial charge on any atom is -0.497 e. The van der Waals surface area contributed by atoms with Crippen LogP contribution in [0.1, 0.15) is 44.9 Å². The van der Waals surface area contributed by atoms with Crippen LogP contribution in [0.3, 0.4) is 0 Å². The predicted molar refractivity (Wildman–Crippen MR) is 117 cm³/mol. The molecule has 1 aromatic carbocycles. The second-order valence-corrected chi connectivity index (χ2v) is 10.1. The molecule has 0 bridgehead atoms. The van der Waals surface area contributed by atoms with E-state index in [1.807, 2.05) is 4.90 Å². The molecular weight excluding hydrogens is 418 g/mol. The Morgan fingerprint density at radius 3 is 2.55 bits per heavy atom. The summed E-state index contributed by atoms with van der Waals surface area (Å²) >= 11 is 0. The summed E-state index contributed by atoms with van der Waals surface area (Å²) in [5, 5.41) is 2.91. The monoisotopic (exact) mass is 451 g/mol. The molecule has 2 fully saturated rings. The summed E-state index contributed by atoms with van der Waals surface area (Å²) in [7, 11) is -2.12. The van der Waals surface area contributed by atoms with Gasteiger partial charge in [0.2, 0.25) is 21.8 Å². The van der Waals surface area contributed by atoms with Crippen molar-refractivity contribution >= 4 is 21.8 Å². The maximum Gasteiger partial charge on any atom is 0.243 e. The largest absolute Gasteiger partial charge is 0.497 e. The molecule has 2 amide bonds. The summed E-state index contributed by atoms with van der Waals surface area (Å²) in [6.07, 6.45) is 5.28. The van der Waals surface area contributed by atoms with Crippen LogP contribution in [-0.4, -0.2) is 69.3 Å². The number of rotatable bonds is 4. The Labute approximate surface area is 185 Å². The summed E-state index contributed by atoms with van der Waals surface area (Å²) in [5.41, 5.74) is 0. The van der Waals surface area contributed by atoms with Gasteiger partial charge in [-0.2, -0.15) is 4.31 Å². The number of hydrogen-bond donors (Lipinski definition) is 1. The fraction of sp³-hybridized carbons (Fsp3) is 0.636. The summed E-state index contributed by atoms with van der Waals surface area (Å²) in [6.45, 7) is 2.41. The third-order valence-electron chi connectivity index (χ3n) is 6.08. The van der Waals surface area contributed by atoms with Gasteiger partial charge in [0.05, 0.1) is 12.0 Å². The number of ether oxygens (including phenoxy) is 1. The van der Waals surface area contributed by atoms with Crippen molar-refractivity contribution in [3.8, 4) is 5.75 Å². The van der Waals surface area contributed by atoms with E-state index in [1.165, 1.54) is 17.5 Å². The van der Waals surface area contributed by atoms with Crippen molar-refractivity contribution in [2.75, 3.05) is 39.8 Å². The highest BCUT2D eigenvalue weighted by atomic mass is 32.2. The molecule has 1 aromatic rings. The Bertz CT molecular complexity index is 866. The minimum absolute atomic E-state index is 0.0149. The van der Waals surface area contributed by atoms with Crippen molar-refractivity contribution in [1.82, 2.24) is 14.5 Å². The van der Waals surface area contributed by atoms with Crippen molar-refractivity contribution in [2.45, 2.75) is 49.8 Å². The lowest BCUT2D eigenvalue weighted by molar-refractivity contribution is -0.137. The van der Waals surface area contributed by atoms with Crippen LogP contribution in [-0.2, 0) is 19.6 Å². The number of carbonyl (C=O) groups is 2. The van der Waals surface area contributed by atoms with Crippen molar-refractivity contribution in [3.63, 3.8) is 0 Å². The Morgan fingerprint density at radius 1 is 1.06 bits per heavy atom. The van der Waals surface area contributed by atoms with Gasteiger partial charge >= 0.3 is 0 Å². The van der Waals surface area contributed by atoms with Gasteiger partial charge in [0.1, 0.15) is 5.75 Å². The highest BCUT2D eigenvalue weighted by molar-refractivity contribution is 7.89. The first-order valence-corrected chi connectivity index (χ1v) is 12.6. The molecule has 2 aliphatic rings. The minimum atomic E-state index is -3.62. The van der Waals surface area contributed by atoms with E-state index in [9.17, 15) is 18.0 Å². The average molecular weight is 452 g/mol. The van der Waals surface area contributed by atoms with Crippen molar-refractivity contribution in [1.29, 1.82) is 0 Å². The molecule has 31 heavy (non-hydrogen) atoms. The topological polar surface area (TPSA) is 96.0 Å². The highest BCUT2D eigenvalue weighted by Crippen LogP contribution is 2.27. The van der Waals surface area contributed by atoms with Crippen LogP contribution >= 0.6 is 0 Å². The Balaban J connectivity index is 1.60. The molecule has 2 aliphatic heterocycles. The van der Waals surface area contributed by atoms with E-state index < -0.39 is 10.0 Å². The van der Waals surface area contributed by atoms with E-state index in [1.54, 1.807) is 18.2 Å². The zero-order chi connectivity index (χ0) is 22.3. The first-order chi connectivity index (χ1) is 14.9. The Hall–Kier alpha value is -2.13. The molecule has 172 valence electrons. The van der Waals surface area contributed by atoms with Crippen molar-refractivity contribution < 1.29 is 22.7 Å². The molecule has 0 aromatic heterocycles. The molecule has 9 heteroatoms. The third kappa shape index (κ3) is 6.20. The molecule has 3 rings (SSSR count). The van der Waals surface area contributed by atoms with Crippen LogP contribution in [0.2, 0.25) is 0 Å². The van der Waals surface area contributed by atoms with Gasteiger partial charge in [0.25, 0.3) is 0 Å². The Morgan fingerprint density at radius 2 is 1.81 bits per heavy atom. The first kappa shape index (κ1) is 23.5. The van der Waals surface area contributed by atoms with Crippen LogP contribution in [0, 0.1) is 5.92 Å². The van der Waals surface area contributed by atoms with Crippen molar-refractivity contribution in [3.05, 3.63) is 24.3 Å². The van der Waals surface area contributed by atoms with E-state index in [0.717, 1.165) is 25.7 Å². The number of nitrogens with zero attached hydrogens (tertiary/aromatic N) is 2. The van der Waals surface area contributed by atoms with Crippen LogP contribution in [0.15, 0.2) is 29.2 Å². The van der Waals surface area contributed by atoms with Gasteiger partial charge in [0, 0.05) is 51.1 Å². The summed E-state index contributed by atoms with van der Waals surface area (Å²) < 4.78 is 32.6. The molecule has 0 spiro atoms. The highest BCUT2D eigenvalue weighted by Gasteiger charge is 2.34. The lowest BCUT2D eigenvalue weighted by Gasteiger charge is -2.33. The maximum absolute atomic E-state index is 13.1. The molecule has 2 saturated heterocycles. The van der Waals surface area contributed by atoms with Crippen LogP contribution in [0.4, 0.5) is 0 Å². The van der Waals surface area contributed by atoms with Gasteiger partial charge in [-0.05, 0) is 37.8 Å². The van der Waals surface area contributed by atoms with Crippen molar-refractivity contribution in [2.24, 2.45) is 5.92 Å². The van der Waals surface area contributed by atoms with E-state index >= 15 is 0 Å². The molecule has 0 atom stereocenters. The molecule has 0 aliphatic carbocycles. The van der Waals surface area contributed by atoms with Gasteiger partial charge in [-0.3, -0.25) is 9.59 Å². The number of amides is 2. The second-order valence-electron chi connectivity index (χ2n) is 8.20. The predicted octanol–water partition coefficient (Wildman–Crippen LogP) is 2.00. The lowest BCUT2D eigenvalue weighted by atomic mass is 9.96. The van der Waals surface area contributed by atoms with Gasteiger partial charge in [0.15, 0.2) is 0 Å². The fourth-order valence-electron chi connectivity index (χ4n) is 4.18. The zero-order valence-corrected chi connectivity index (χ0v) is 19.0. The molecule has 0 unspecified atom stereocenters. The van der Waals surface area contributed by atoms with E-state index in [0.29, 0.717) is 57.7 Å². The quantitative estimate of drug-likeness (QED) is 0.755. The number of hydrogen-bond acceptors (Lipinski definition) is 5. The van der Waals surface area contributed by atoms with Gasteiger partial charge < -0.3 is 15.0 Å². The summed E-state index contributed by atoms with van der Waals surface area (Å²) in [6, 6.07) is 6.45. The normalized spacial score (nSPS) is 20.5. The van der Waals surface area contributed by atoms with Gasteiger partial charge in [-0.15, -0.1) is 0 Å². The molecular formula is C22H33N3O5S. The second kappa shape index (κ2) is 10.9. The maximum atomic E-state index is 13.1. The average Bonchev–Trinajstić information content (AvgIpc) is 2.84. The molecule has 1 N–H and O–H groups in total. The molecule has 0 radical (unpaired) electrons. The standard InChI is InChI=1S/C22H33N3O5S/c1-30-19-7-6-8-20(17-19)31(28,29)25-15-9-18(10-16-25)22(27)24-13-5-3-2-4-12-23-21(26)11-14-24/h6-8,17-18H,2-5,9-16H2,1H3,(H,23,26). The molecule has 0 saturated carbocycles. The number of carbonyl (C=O) groups excluding carboxylic acids is 2. The fourth-order valence-corrected chi connectivity index (χ4v) is 5.68. The number of methoxy groups -OCH3 is 1. The summed E-state index contributed by atoms with van der Waals surface area (Å²) in [5.74, 6) is 0.323. The third-order valence-corrected chi connectivity index (χ3v) is 7.97. The Kier molecular flexibility index (Phi) is 8.31. The van der Waals surface area contributed by atoms with E-state index in [2.05, 4.69) is 5.32 Å². The lowest BCUT2D eigenvalue weighted by Crippen LogP contribution is -2.45. The van der Waals surface area contributed by atoms with E-state index in [4.69, 9.17) is 4.74 Å². The first-order valence-electron chi connectivity index (χ1n) is 11.1. The van der Waals surface area contributed by atoms with Gasteiger partial charge in [-0.25, -0.2) is 8.42 Å².